The van der Waals surface area contributed by atoms with Gasteiger partial charge in [-0.05, 0) is 47.8 Å². The number of rotatable bonds is 7. The Balaban J connectivity index is 1.51. The Hall–Kier alpha value is -1.96. The molecular weight excluding hydrogens is 376 g/mol. The molecule has 0 saturated heterocycles. The Bertz CT molecular complexity index is 902. The minimum atomic E-state index is -0.0118. The number of nitrogens with zero attached hydrogens (tertiary/aromatic N) is 2. The Labute approximate surface area is 159 Å². The van der Waals surface area contributed by atoms with Crippen molar-refractivity contribution in [3.05, 3.63) is 57.1 Å². The molecule has 3 aromatic rings. The Morgan fingerprint density at radius 1 is 1.36 bits per heavy atom. The molecule has 0 radical (unpaired) electrons. The van der Waals surface area contributed by atoms with E-state index in [1.807, 2.05) is 46.3 Å². The lowest BCUT2D eigenvalue weighted by atomic mass is 10.1. The molecule has 0 unspecified atom stereocenters. The van der Waals surface area contributed by atoms with Gasteiger partial charge >= 0.3 is 0 Å². The lowest BCUT2D eigenvalue weighted by molar-refractivity contribution is -0.121. The third-order valence-corrected chi connectivity index (χ3v) is 5.10. The molecule has 1 aromatic carbocycles. The van der Waals surface area contributed by atoms with Crippen LogP contribution in [0.3, 0.4) is 0 Å². The molecule has 8 heteroatoms. The Morgan fingerprint density at radius 2 is 2.24 bits per heavy atom. The number of carbonyl (C=O) groups is 1. The topological polar surface area (TPSA) is 62.7 Å². The SMILES string of the molecule is O=C(CCn1c(-c2cccs2)n[nH]c1=S)NCCc1cccc(Cl)c1. The first-order chi connectivity index (χ1) is 12.1. The smallest absolute Gasteiger partial charge is 0.221 e. The summed E-state index contributed by atoms with van der Waals surface area (Å²) < 4.78 is 2.38. The Morgan fingerprint density at radius 3 is 3.00 bits per heavy atom. The molecule has 0 bridgehead atoms. The number of H-pyrrole nitrogens is 1. The van der Waals surface area contributed by atoms with Crippen molar-refractivity contribution in [3.8, 4) is 10.7 Å². The molecule has 2 N–H and O–H groups in total. The average Bonchev–Trinajstić information content (AvgIpc) is 3.22. The molecule has 5 nitrogen and oxygen atoms in total. The highest BCUT2D eigenvalue weighted by Gasteiger charge is 2.11. The fourth-order valence-electron chi connectivity index (χ4n) is 2.46. The normalized spacial score (nSPS) is 10.8. The number of aromatic nitrogens is 3. The maximum Gasteiger partial charge on any atom is 0.221 e. The van der Waals surface area contributed by atoms with Crippen LogP contribution in [0.4, 0.5) is 0 Å². The maximum atomic E-state index is 12.1. The summed E-state index contributed by atoms with van der Waals surface area (Å²) in [6, 6.07) is 11.6. The highest BCUT2D eigenvalue weighted by molar-refractivity contribution is 7.71. The fraction of sp³-hybridized carbons (Fsp3) is 0.235. The molecule has 0 aliphatic heterocycles. The van der Waals surface area contributed by atoms with Crippen molar-refractivity contribution in [2.75, 3.05) is 6.54 Å². The van der Waals surface area contributed by atoms with Gasteiger partial charge in [0.1, 0.15) is 0 Å². The van der Waals surface area contributed by atoms with E-state index in [1.165, 1.54) is 0 Å². The monoisotopic (exact) mass is 392 g/mol. The quantitative estimate of drug-likeness (QED) is 0.596. The highest BCUT2D eigenvalue weighted by Crippen LogP contribution is 2.22. The van der Waals surface area contributed by atoms with E-state index >= 15 is 0 Å². The van der Waals surface area contributed by atoms with Gasteiger partial charge in [0.15, 0.2) is 10.6 Å². The van der Waals surface area contributed by atoms with E-state index in [0.29, 0.717) is 29.3 Å². The zero-order valence-electron chi connectivity index (χ0n) is 13.4. The van der Waals surface area contributed by atoms with Crippen LogP contribution in [0.2, 0.25) is 5.02 Å². The van der Waals surface area contributed by atoms with E-state index in [4.69, 9.17) is 23.8 Å². The van der Waals surface area contributed by atoms with Gasteiger partial charge < -0.3 is 5.32 Å². The van der Waals surface area contributed by atoms with E-state index in [1.54, 1.807) is 11.3 Å². The van der Waals surface area contributed by atoms with Gasteiger partial charge in [0.2, 0.25) is 5.91 Å². The van der Waals surface area contributed by atoms with Gasteiger partial charge in [0.25, 0.3) is 0 Å². The molecule has 3 rings (SSSR count). The number of thiophene rings is 1. The molecule has 0 spiro atoms. The summed E-state index contributed by atoms with van der Waals surface area (Å²) in [5, 5.41) is 12.7. The number of aromatic amines is 1. The highest BCUT2D eigenvalue weighted by atomic mass is 35.5. The van der Waals surface area contributed by atoms with Gasteiger partial charge in [-0.25, -0.2) is 0 Å². The minimum absolute atomic E-state index is 0.0118. The number of amides is 1. The molecule has 0 aliphatic rings. The molecular formula is C17H17ClN4OS2. The summed E-state index contributed by atoms with van der Waals surface area (Å²) >= 11 is 12.8. The van der Waals surface area contributed by atoms with Crippen LogP contribution in [0.25, 0.3) is 10.7 Å². The zero-order chi connectivity index (χ0) is 17.6. The standard InChI is InChI=1S/C17H17ClN4OS2/c18-13-4-1-3-12(11-13)6-8-19-15(23)7-9-22-16(20-21-17(22)24)14-5-2-10-25-14/h1-5,10-11H,6-9H2,(H,19,23)(H,21,24). The lowest BCUT2D eigenvalue weighted by Gasteiger charge is -2.07. The molecule has 0 atom stereocenters. The molecule has 2 heterocycles. The predicted octanol–water partition coefficient (Wildman–Crippen LogP) is 4.07. The second-order valence-corrected chi connectivity index (χ2v) is 7.23. The third kappa shape index (κ3) is 4.78. The number of halogens is 1. The van der Waals surface area contributed by atoms with Crippen LogP contribution >= 0.6 is 35.2 Å². The molecule has 0 aliphatic carbocycles. The van der Waals surface area contributed by atoms with Crippen molar-refractivity contribution >= 4 is 41.1 Å². The van der Waals surface area contributed by atoms with Crippen molar-refractivity contribution in [2.24, 2.45) is 0 Å². The van der Waals surface area contributed by atoms with Gasteiger partial charge in [-0.2, -0.15) is 5.10 Å². The first-order valence-corrected chi connectivity index (χ1v) is 9.50. The summed E-state index contributed by atoms with van der Waals surface area (Å²) in [4.78, 5) is 13.1. The lowest BCUT2D eigenvalue weighted by Crippen LogP contribution is -2.26. The van der Waals surface area contributed by atoms with E-state index in [2.05, 4.69) is 15.5 Å². The van der Waals surface area contributed by atoms with Crippen LogP contribution in [-0.4, -0.2) is 27.2 Å². The molecule has 0 saturated carbocycles. The van der Waals surface area contributed by atoms with Crippen molar-refractivity contribution in [2.45, 2.75) is 19.4 Å². The first-order valence-electron chi connectivity index (χ1n) is 7.84. The summed E-state index contributed by atoms with van der Waals surface area (Å²) in [5.41, 5.74) is 1.10. The minimum Gasteiger partial charge on any atom is -0.356 e. The Kier molecular flexibility index (Phi) is 6.01. The van der Waals surface area contributed by atoms with Crippen molar-refractivity contribution in [1.82, 2.24) is 20.1 Å². The van der Waals surface area contributed by atoms with Crippen molar-refractivity contribution < 1.29 is 4.79 Å². The van der Waals surface area contributed by atoms with E-state index in [0.717, 1.165) is 22.7 Å². The van der Waals surface area contributed by atoms with Crippen LogP contribution in [0, 0.1) is 4.77 Å². The number of carbonyl (C=O) groups excluding carboxylic acids is 1. The van der Waals surface area contributed by atoms with E-state index in [9.17, 15) is 4.79 Å². The predicted molar refractivity (Wildman–Crippen MR) is 104 cm³/mol. The van der Waals surface area contributed by atoms with Crippen LogP contribution in [0.1, 0.15) is 12.0 Å². The molecule has 0 fully saturated rings. The molecule has 2 aromatic heterocycles. The number of hydrogen-bond acceptors (Lipinski definition) is 4. The number of nitrogens with one attached hydrogen (secondary N) is 2. The van der Waals surface area contributed by atoms with Crippen LogP contribution < -0.4 is 5.32 Å². The first kappa shape index (κ1) is 17.8. The van der Waals surface area contributed by atoms with Gasteiger partial charge in [-0.1, -0.05) is 29.8 Å². The summed E-state index contributed by atoms with van der Waals surface area (Å²) in [7, 11) is 0. The van der Waals surface area contributed by atoms with Crippen LogP contribution in [0.15, 0.2) is 41.8 Å². The second-order valence-electron chi connectivity index (χ2n) is 5.46. The number of benzene rings is 1. The molecule has 130 valence electrons. The molecule has 1 amide bonds. The summed E-state index contributed by atoms with van der Waals surface area (Å²) in [6.07, 6.45) is 1.10. The van der Waals surface area contributed by atoms with Gasteiger partial charge in [-0.3, -0.25) is 14.5 Å². The summed E-state index contributed by atoms with van der Waals surface area (Å²) in [6.45, 7) is 1.07. The van der Waals surface area contributed by atoms with E-state index in [-0.39, 0.29) is 5.91 Å². The van der Waals surface area contributed by atoms with Crippen LogP contribution in [-0.2, 0) is 17.8 Å². The van der Waals surface area contributed by atoms with Crippen LogP contribution in [0.5, 0.6) is 0 Å². The van der Waals surface area contributed by atoms with Gasteiger partial charge in [0.05, 0.1) is 4.88 Å². The fourth-order valence-corrected chi connectivity index (χ4v) is 3.62. The average molecular weight is 393 g/mol. The summed E-state index contributed by atoms with van der Waals surface area (Å²) in [5.74, 6) is 0.758. The maximum absolute atomic E-state index is 12.1. The third-order valence-electron chi connectivity index (χ3n) is 3.69. The van der Waals surface area contributed by atoms with Crippen molar-refractivity contribution in [3.63, 3.8) is 0 Å². The van der Waals surface area contributed by atoms with Gasteiger partial charge in [0, 0.05) is 24.5 Å². The second kappa shape index (κ2) is 8.42. The zero-order valence-corrected chi connectivity index (χ0v) is 15.8. The largest absolute Gasteiger partial charge is 0.356 e. The van der Waals surface area contributed by atoms with Crippen molar-refractivity contribution in [1.29, 1.82) is 0 Å². The van der Waals surface area contributed by atoms with Gasteiger partial charge in [-0.15, -0.1) is 11.3 Å². The molecule has 25 heavy (non-hydrogen) atoms. The van der Waals surface area contributed by atoms with E-state index < -0.39 is 0 Å². The number of hydrogen-bond donors (Lipinski definition) is 2.